The summed E-state index contributed by atoms with van der Waals surface area (Å²) in [6, 6.07) is 10.1. The lowest BCUT2D eigenvalue weighted by atomic mass is 10.0. The summed E-state index contributed by atoms with van der Waals surface area (Å²) in [6.07, 6.45) is 1.47. The molecule has 0 radical (unpaired) electrons. The molecule has 0 aliphatic heterocycles. The largest absolute Gasteiger partial charge is 0.417 e. The molecule has 2 atom stereocenters. The first-order valence-electron chi connectivity index (χ1n) is 11.9. The number of rotatable bonds is 10. The Hall–Kier alpha value is -2.99. The van der Waals surface area contributed by atoms with Gasteiger partial charge in [0.2, 0.25) is 0 Å². The molecular formula is C27H24BrClF4N6. The van der Waals surface area contributed by atoms with Gasteiger partial charge in [0.05, 0.1) is 39.4 Å². The Bertz CT molecular complexity index is 1370. The van der Waals surface area contributed by atoms with Crippen LogP contribution in [0.3, 0.4) is 0 Å². The summed E-state index contributed by atoms with van der Waals surface area (Å²) in [5.41, 5.74) is 1.94. The monoisotopic (exact) mass is 622 g/mol. The van der Waals surface area contributed by atoms with Crippen LogP contribution < -0.4 is 10.6 Å². The maximum atomic E-state index is 15.1. The molecule has 0 saturated carbocycles. The van der Waals surface area contributed by atoms with Crippen LogP contribution in [0.4, 0.5) is 17.6 Å². The zero-order valence-corrected chi connectivity index (χ0v) is 23.0. The quantitative estimate of drug-likeness (QED) is 0.190. The average Bonchev–Trinajstić information content (AvgIpc) is 2.91. The van der Waals surface area contributed by atoms with E-state index in [0.717, 1.165) is 22.4 Å². The lowest BCUT2D eigenvalue weighted by Crippen LogP contribution is -2.25. The van der Waals surface area contributed by atoms with Crippen molar-refractivity contribution in [3.05, 3.63) is 116 Å². The first kappa shape index (κ1) is 29.0. The molecule has 4 aromatic rings. The standard InChI is InChI=1S/C27H24BrClF4N6/c1-16(34-14-22-6-3-19(28)12-36-22)26-23(30)8-17(10-39-26)9-25(24-7-4-20(29)13-37-24)38-15-21-5-2-18(11-35-21)27(31,32)33/h2-8,10-13,16,25,34,38H,9,14-15H2,1H3/t16-,25-/m1/s1. The minimum Gasteiger partial charge on any atom is -0.303 e. The summed E-state index contributed by atoms with van der Waals surface area (Å²) in [4.78, 5) is 16.9. The average molecular weight is 624 g/mol. The predicted octanol–water partition coefficient (Wildman–Crippen LogP) is 6.76. The van der Waals surface area contributed by atoms with Gasteiger partial charge in [-0.2, -0.15) is 13.2 Å². The third kappa shape index (κ3) is 8.25. The normalized spacial score (nSPS) is 13.3. The molecule has 0 aliphatic carbocycles. The van der Waals surface area contributed by atoms with Crippen LogP contribution in [0.2, 0.25) is 5.02 Å². The highest BCUT2D eigenvalue weighted by Gasteiger charge is 2.30. The number of pyridine rings is 4. The number of halogens is 6. The minimum absolute atomic E-state index is 0.173. The Morgan fingerprint density at radius 1 is 0.872 bits per heavy atom. The molecule has 12 heteroatoms. The van der Waals surface area contributed by atoms with E-state index in [0.29, 0.717) is 34.9 Å². The summed E-state index contributed by atoms with van der Waals surface area (Å²) in [7, 11) is 0. The molecule has 0 aliphatic rings. The van der Waals surface area contributed by atoms with Crippen LogP contribution in [0.15, 0.2) is 71.7 Å². The van der Waals surface area contributed by atoms with Crippen molar-refractivity contribution < 1.29 is 17.6 Å². The second kappa shape index (κ2) is 12.9. The molecule has 204 valence electrons. The van der Waals surface area contributed by atoms with Crippen LogP contribution in [0.5, 0.6) is 0 Å². The molecule has 0 bridgehead atoms. The molecule has 0 aromatic carbocycles. The van der Waals surface area contributed by atoms with Crippen LogP contribution >= 0.6 is 27.5 Å². The number of hydrogen-bond acceptors (Lipinski definition) is 6. The molecule has 0 fully saturated rings. The molecule has 0 unspecified atom stereocenters. The molecule has 0 saturated heterocycles. The lowest BCUT2D eigenvalue weighted by Gasteiger charge is -2.20. The second-order valence-corrected chi connectivity index (χ2v) is 10.2. The van der Waals surface area contributed by atoms with Gasteiger partial charge in [-0.1, -0.05) is 11.6 Å². The van der Waals surface area contributed by atoms with Gasteiger partial charge in [0.1, 0.15) is 5.82 Å². The Labute approximate surface area is 236 Å². The van der Waals surface area contributed by atoms with Crippen molar-refractivity contribution in [1.29, 1.82) is 0 Å². The van der Waals surface area contributed by atoms with Gasteiger partial charge in [-0.3, -0.25) is 19.9 Å². The summed E-state index contributed by atoms with van der Waals surface area (Å²) in [6.45, 7) is 2.44. The Balaban J connectivity index is 1.45. The highest BCUT2D eigenvalue weighted by molar-refractivity contribution is 9.10. The molecule has 4 heterocycles. The fraction of sp³-hybridized carbons (Fsp3) is 0.259. The van der Waals surface area contributed by atoms with Gasteiger partial charge in [0, 0.05) is 48.4 Å². The van der Waals surface area contributed by atoms with Crippen LogP contribution in [-0.4, -0.2) is 19.9 Å². The first-order valence-corrected chi connectivity index (χ1v) is 13.1. The number of aromatic nitrogens is 4. The molecule has 4 rings (SSSR count). The molecule has 6 nitrogen and oxygen atoms in total. The summed E-state index contributed by atoms with van der Waals surface area (Å²) < 4.78 is 54.5. The Morgan fingerprint density at radius 2 is 1.59 bits per heavy atom. The van der Waals surface area contributed by atoms with Crippen molar-refractivity contribution in [3.8, 4) is 0 Å². The minimum atomic E-state index is -4.46. The molecule has 0 amide bonds. The predicted molar refractivity (Wildman–Crippen MR) is 143 cm³/mol. The topological polar surface area (TPSA) is 75.6 Å². The van der Waals surface area contributed by atoms with Gasteiger partial charge in [0.15, 0.2) is 0 Å². The van der Waals surface area contributed by atoms with E-state index < -0.39 is 23.6 Å². The summed E-state index contributed by atoms with van der Waals surface area (Å²) >= 11 is 9.33. The third-order valence-electron chi connectivity index (χ3n) is 5.94. The summed E-state index contributed by atoms with van der Waals surface area (Å²) in [5.74, 6) is -0.455. The van der Waals surface area contributed by atoms with Gasteiger partial charge in [-0.15, -0.1) is 0 Å². The SMILES string of the molecule is C[C@@H](NCc1ccc(Br)cn1)c1ncc(C[C@@H](NCc2ccc(C(F)(F)F)cn2)c2ccc(Cl)cn2)cc1F. The molecule has 0 spiro atoms. The van der Waals surface area contributed by atoms with Gasteiger partial charge in [-0.25, -0.2) is 4.39 Å². The van der Waals surface area contributed by atoms with E-state index in [1.165, 1.54) is 18.3 Å². The lowest BCUT2D eigenvalue weighted by molar-refractivity contribution is -0.137. The van der Waals surface area contributed by atoms with Gasteiger partial charge >= 0.3 is 6.18 Å². The van der Waals surface area contributed by atoms with Crippen molar-refractivity contribution in [3.63, 3.8) is 0 Å². The van der Waals surface area contributed by atoms with Crippen LogP contribution in [0.1, 0.15) is 52.9 Å². The maximum Gasteiger partial charge on any atom is 0.417 e. The molecule has 4 aromatic heterocycles. The van der Waals surface area contributed by atoms with Crippen LogP contribution in [0.25, 0.3) is 0 Å². The van der Waals surface area contributed by atoms with Crippen LogP contribution in [0, 0.1) is 5.82 Å². The Morgan fingerprint density at radius 3 is 2.18 bits per heavy atom. The van der Waals surface area contributed by atoms with Gasteiger partial charge in [0.25, 0.3) is 0 Å². The summed E-state index contributed by atoms with van der Waals surface area (Å²) in [5, 5.41) is 6.94. The number of nitrogens with zero attached hydrogens (tertiary/aromatic N) is 4. The van der Waals surface area contributed by atoms with E-state index in [1.807, 2.05) is 19.1 Å². The zero-order valence-electron chi connectivity index (χ0n) is 20.7. The van der Waals surface area contributed by atoms with Crippen molar-refractivity contribution in [2.24, 2.45) is 0 Å². The fourth-order valence-corrected chi connectivity index (χ4v) is 4.16. The van der Waals surface area contributed by atoms with Crippen molar-refractivity contribution >= 4 is 27.5 Å². The van der Waals surface area contributed by atoms with Crippen molar-refractivity contribution in [2.45, 2.75) is 44.7 Å². The fourth-order valence-electron chi connectivity index (χ4n) is 3.82. The van der Waals surface area contributed by atoms with E-state index in [1.54, 1.807) is 24.5 Å². The van der Waals surface area contributed by atoms with E-state index in [9.17, 15) is 13.2 Å². The third-order valence-corrected chi connectivity index (χ3v) is 6.64. The number of nitrogens with one attached hydrogen (secondary N) is 2. The van der Waals surface area contributed by atoms with Crippen LogP contribution in [-0.2, 0) is 25.7 Å². The smallest absolute Gasteiger partial charge is 0.303 e. The van der Waals surface area contributed by atoms with E-state index in [2.05, 4.69) is 46.5 Å². The van der Waals surface area contributed by atoms with Gasteiger partial charge < -0.3 is 10.6 Å². The first-order chi connectivity index (χ1) is 18.6. The highest BCUT2D eigenvalue weighted by Crippen LogP contribution is 2.28. The van der Waals surface area contributed by atoms with E-state index in [4.69, 9.17) is 11.6 Å². The number of alkyl halides is 3. The highest BCUT2D eigenvalue weighted by atomic mass is 79.9. The Kier molecular flexibility index (Phi) is 9.60. The van der Waals surface area contributed by atoms with Crippen molar-refractivity contribution in [2.75, 3.05) is 0 Å². The van der Waals surface area contributed by atoms with E-state index in [-0.39, 0.29) is 18.3 Å². The molecule has 39 heavy (non-hydrogen) atoms. The van der Waals surface area contributed by atoms with E-state index >= 15 is 4.39 Å². The molecular weight excluding hydrogens is 600 g/mol. The van der Waals surface area contributed by atoms with Gasteiger partial charge in [-0.05, 0) is 77.3 Å². The molecule has 2 N–H and O–H groups in total. The maximum absolute atomic E-state index is 15.1. The zero-order chi connectivity index (χ0) is 28.0. The second-order valence-electron chi connectivity index (χ2n) is 8.86. The number of hydrogen-bond donors (Lipinski definition) is 2. The van der Waals surface area contributed by atoms with Crippen molar-refractivity contribution in [1.82, 2.24) is 30.6 Å².